The van der Waals surface area contributed by atoms with Crippen LogP contribution in [0.15, 0.2) is 72.9 Å². The highest BCUT2D eigenvalue weighted by Crippen LogP contribution is 2.43. The average molecular weight is 783 g/mol. The molecule has 4 atom stereocenters. The van der Waals surface area contributed by atoms with Crippen LogP contribution < -0.4 is 0 Å². The van der Waals surface area contributed by atoms with Crippen LogP contribution in [0.25, 0.3) is 0 Å². The highest BCUT2D eigenvalue weighted by atomic mass is 31.2. The van der Waals surface area contributed by atoms with E-state index in [2.05, 4.69) is 35.8 Å². The lowest BCUT2D eigenvalue weighted by atomic mass is 10.1. The number of esters is 2. The van der Waals surface area contributed by atoms with Gasteiger partial charge in [-0.15, -0.1) is 0 Å². The highest BCUT2D eigenvalue weighted by Gasteiger charge is 2.27. The number of hydrogen-bond donors (Lipinski definition) is 4. The van der Waals surface area contributed by atoms with Crippen molar-refractivity contribution in [3.63, 3.8) is 0 Å². The molecule has 0 aromatic heterocycles. The molecule has 54 heavy (non-hydrogen) atoms. The average Bonchev–Trinajstić information content (AvgIpc) is 3.15. The SMILES string of the molecule is CC/C=C\C(O)C/C=C/C=C\C/C=C\C/C=C\CCCC(=O)OC[C@H](COP(=O)(O)OC[C@@H](O)CO)OC(=O)CCCCCCC/C=C\CCCCCC. The molecule has 12 heteroatoms. The Labute approximate surface area is 325 Å². The fourth-order valence-corrected chi connectivity index (χ4v) is 5.60. The number of phosphoric ester groups is 1. The minimum Gasteiger partial charge on any atom is -0.462 e. The predicted molar refractivity (Wildman–Crippen MR) is 216 cm³/mol. The number of hydrogen-bond acceptors (Lipinski definition) is 10. The van der Waals surface area contributed by atoms with Gasteiger partial charge in [0.2, 0.25) is 0 Å². The van der Waals surface area contributed by atoms with Crippen LogP contribution in [0.5, 0.6) is 0 Å². The Morgan fingerprint density at radius 2 is 1.22 bits per heavy atom. The van der Waals surface area contributed by atoms with E-state index in [1.54, 1.807) is 6.08 Å². The van der Waals surface area contributed by atoms with Gasteiger partial charge in [-0.05, 0) is 70.6 Å². The van der Waals surface area contributed by atoms with Crippen LogP contribution in [0.1, 0.15) is 136 Å². The summed E-state index contributed by atoms with van der Waals surface area (Å²) in [6, 6.07) is 0. The third kappa shape index (κ3) is 36.4. The van der Waals surface area contributed by atoms with Gasteiger partial charge in [0.15, 0.2) is 6.10 Å². The van der Waals surface area contributed by atoms with E-state index >= 15 is 0 Å². The van der Waals surface area contributed by atoms with Crippen LogP contribution >= 0.6 is 7.82 Å². The number of aliphatic hydroxyl groups is 3. The Morgan fingerprint density at radius 3 is 1.93 bits per heavy atom. The monoisotopic (exact) mass is 782 g/mol. The van der Waals surface area contributed by atoms with Crippen LogP contribution in [0.4, 0.5) is 0 Å². The van der Waals surface area contributed by atoms with Gasteiger partial charge in [0, 0.05) is 12.8 Å². The minimum absolute atomic E-state index is 0.140. The van der Waals surface area contributed by atoms with E-state index in [9.17, 15) is 29.3 Å². The summed E-state index contributed by atoms with van der Waals surface area (Å²) in [5.41, 5.74) is 0. The maximum Gasteiger partial charge on any atom is 0.472 e. The van der Waals surface area contributed by atoms with Crippen molar-refractivity contribution < 1.29 is 52.9 Å². The first kappa shape index (κ1) is 51.4. The topological polar surface area (TPSA) is 169 Å². The van der Waals surface area contributed by atoms with Gasteiger partial charge in [0.05, 0.1) is 25.9 Å². The molecular weight excluding hydrogens is 711 g/mol. The molecule has 0 saturated carbocycles. The van der Waals surface area contributed by atoms with Gasteiger partial charge in [0.25, 0.3) is 0 Å². The van der Waals surface area contributed by atoms with Crippen molar-refractivity contribution >= 4 is 19.8 Å². The first-order valence-electron chi connectivity index (χ1n) is 20.0. The Bertz CT molecular complexity index is 1150. The number of ether oxygens (including phenoxy) is 2. The van der Waals surface area contributed by atoms with Crippen LogP contribution in [0.2, 0.25) is 0 Å². The largest absolute Gasteiger partial charge is 0.472 e. The quantitative estimate of drug-likeness (QED) is 0.0157. The molecule has 0 fully saturated rings. The van der Waals surface area contributed by atoms with Crippen LogP contribution in [-0.4, -0.2) is 76.9 Å². The summed E-state index contributed by atoms with van der Waals surface area (Å²) in [5.74, 6) is -1.04. The predicted octanol–water partition coefficient (Wildman–Crippen LogP) is 9.08. The second kappa shape index (κ2) is 37.3. The van der Waals surface area contributed by atoms with E-state index in [0.717, 1.165) is 57.8 Å². The zero-order valence-corrected chi connectivity index (χ0v) is 33.9. The first-order valence-corrected chi connectivity index (χ1v) is 21.5. The molecule has 0 aliphatic rings. The summed E-state index contributed by atoms with van der Waals surface area (Å²) in [4.78, 5) is 34.9. The van der Waals surface area contributed by atoms with Crippen LogP contribution in [0.3, 0.4) is 0 Å². The smallest absolute Gasteiger partial charge is 0.462 e. The molecule has 0 saturated heterocycles. The number of aliphatic hydroxyl groups excluding tert-OH is 3. The Morgan fingerprint density at radius 1 is 0.648 bits per heavy atom. The lowest BCUT2D eigenvalue weighted by Gasteiger charge is -2.20. The van der Waals surface area contributed by atoms with Crippen molar-refractivity contribution in [1.29, 1.82) is 0 Å². The Hall–Kier alpha value is -2.63. The second-order valence-electron chi connectivity index (χ2n) is 13.1. The van der Waals surface area contributed by atoms with Gasteiger partial charge in [-0.25, -0.2) is 4.57 Å². The van der Waals surface area contributed by atoms with Crippen molar-refractivity contribution in [2.75, 3.05) is 26.4 Å². The van der Waals surface area contributed by atoms with Gasteiger partial charge < -0.3 is 29.7 Å². The molecule has 0 heterocycles. The Kier molecular flexibility index (Phi) is 35.5. The molecule has 0 aliphatic carbocycles. The van der Waals surface area contributed by atoms with E-state index in [1.165, 1.54) is 25.7 Å². The van der Waals surface area contributed by atoms with Crippen molar-refractivity contribution in [3.05, 3.63) is 72.9 Å². The summed E-state index contributed by atoms with van der Waals surface area (Å²) in [7, 11) is -4.64. The van der Waals surface area contributed by atoms with Crippen molar-refractivity contribution in [2.45, 2.75) is 154 Å². The summed E-state index contributed by atoms with van der Waals surface area (Å²) in [6.45, 7) is 2.01. The van der Waals surface area contributed by atoms with E-state index in [0.29, 0.717) is 25.7 Å². The molecule has 0 spiro atoms. The normalized spacial score (nSPS) is 15.3. The Balaban J connectivity index is 4.50. The number of allylic oxidation sites excluding steroid dienone is 10. The molecule has 0 aromatic rings. The molecule has 0 rings (SSSR count). The fourth-order valence-electron chi connectivity index (χ4n) is 4.81. The first-order chi connectivity index (χ1) is 26.1. The molecule has 4 N–H and O–H groups in total. The molecule has 0 radical (unpaired) electrons. The molecule has 0 amide bonds. The fraction of sp³-hybridized carbons (Fsp3) is 0.667. The number of unbranched alkanes of at least 4 members (excludes halogenated alkanes) is 10. The minimum atomic E-state index is -4.64. The van der Waals surface area contributed by atoms with Crippen LogP contribution in [0, 0.1) is 0 Å². The third-order valence-corrected chi connectivity index (χ3v) is 8.87. The van der Waals surface area contributed by atoms with E-state index < -0.39 is 57.9 Å². The second-order valence-corrected chi connectivity index (χ2v) is 14.6. The molecule has 0 aromatic carbocycles. The maximum atomic E-state index is 12.6. The number of carbonyl (C=O) groups excluding carboxylic acids is 2. The molecule has 2 unspecified atom stereocenters. The zero-order valence-electron chi connectivity index (χ0n) is 33.0. The summed E-state index contributed by atoms with van der Waals surface area (Å²) in [6.07, 6.45) is 37.9. The molecular formula is C42H71O11P. The lowest BCUT2D eigenvalue weighted by Crippen LogP contribution is -2.29. The van der Waals surface area contributed by atoms with E-state index in [4.69, 9.17) is 19.1 Å². The molecule has 11 nitrogen and oxygen atoms in total. The maximum absolute atomic E-state index is 12.6. The van der Waals surface area contributed by atoms with Crippen LogP contribution in [-0.2, 0) is 32.7 Å². The zero-order chi connectivity index (χ0) is 40.0. The van der Waals surface area contributed by atoms with Gasteiger partial charge >= 0.3 is 19.8 Å². The van der Waals surface area contributed by atoms with Crippen molar-refractivity contribution in [2.24, 2.45) is 0 Å². The van der Waals surface area contributed by atoms with Gasteiger partial charge in [-0.1, -0.05) is 125 Å². The van der Waals surface area contributed by atoms with Crippen molar-refractivity contribution in [1.82, 2.24) is 0 Å². The lowest BCUT2D eigenvalue weighted by molar-refractivity contribution is -0.161. The molecule has 310 valence electrons. The molecule has 0 aliphatic heterocycles. The molecule has 0 bridgehead atoms. The standard InChI is InChI=1S/C42H71O11P/c1-3-5-7-8-9-10-11-12-17-20-23-26-29-33-42(47)53-40(37-52-54(48,49)51-35-39(45)34-43)36-50-41(46)32-28-25-22-19-16-14-13-15-18-21-24-27-31-38(44)30-6-4-2/h6,10-11,13-14,18-19,21-22,24,27,30,38-40,43-45H,3-5,7-9,12,15-17,20,23,25-26,28-29,31-37H2,1-2H3,(H,48,49)/b11-10-,14-13-,21-18-,22-19-,27-24+,30-6-/t38?,39-,40+/m0/s1. The van der Waals surface area contributed by atoms with Gasteiger partial charge in [-0.3, -0.25) is 18.6 Å². The number of phosphoric acid groups is 1. The number of rotatable bonds is 36. The van der Waals surface area contributed by atoms with E-state index in [-0.39, 0.29) is 19.4 Å². The highest BCUT2D eigenvalue weighted by molar-refractivity contribution is 7.47. The van der Waals surface area contributed by atoms with E-state index in [1.807, 2.05) is 49.5 Å². The third-order valence-electron chi connectivity index (χ3n) is 7.92. The summed E-state index contributed by atoms with van der Waals surface area (Å²) in [5, 5.41) is 28.0. The summed E-state index contributed by atoms with van der Waals surface area (Å²) >= 11 is 0. The van der Waals surface area contributed by atoms with Gasteiger partial charge in [-0.2, -0.15) is 0 Å². The van der Waals surface area contributed by atoms with Gasteiger partial charge in [0.1, 0.15) is 12.7 Å². The number of carbonyl (C=O) groups is 2. The summed E-state index contributed by atoms with van der Waals surface area (Å²) < 4.78 is 32.5. The van der Waals surface area contributed by atoms with Crippen molar-refractivity contribution in [3.8, 4) is 0 Å².